The third-order valence-electron chi connectivity index (χ3n) is 1.82. The van der Waals surface area contributed by atoms with Crippen molar-refractivity contribution < 1.29 is 4.74 Å². The second-order valence-electron chi connectivity index (χ2n) is 2.74. The molecule has 2 aromatic rings. The van der Waals surface area contributed by atoms with E-state index < -0.39 is 0 Å². The molecule has 0 amide bonds. The summed E-state index contributed by atoms with van der Waals surface area (Å²) < 4.78 is 6.34. The van der Waals surface area contributed by atoms with Gasteiger partial charge in [0.05, 0.1) is 16.6 Å². The van der Waals surface area contributed by atoms with Gasteiger partial charge in [0.25, 0.3) is 0 Å². The van der Waals surface area contributed by atoms with Crippen LogP contribution in [0.25, 0.3) is 11.0 Å². The highest BCUT2D eigenvalue weighted by Gasteiger charge is 2.07. The van der Waals surface area contributed by atoms with Crippen LogP contribution in [0.15, 0.2) is 29.0 Å². The summed E-state index contributed by atoms with van der Waals surface area (Å²) in [5, 5.41) is 0. The lowest BCUT2D eigenvalue weighted by Gasteiger charge is -2.07. The first-order chi connectivity index (χ1) is 6.83. The highest BCUT2D eigenvalue weighted by Crippen LogP contribution is 2.30. The number of ether oxygens (including phenoxy) is 1. The molecule has 2 aromatic heterocycles. The van der Waals surface area contributed by atoms with Crippen LogP contribution in [0.1, 0.15) is 6.92 Å². The monoisotopic (exact) mass is 252 g/mol. The van der Waals surface area contributed by atoms with Crippen LogP contribution in [0.4, 0.5) is 0 Å². The van der Waals surface area contributed by atoms with Crippen molar-refractivity contribution in [2.24, 2.45) is 0 Å². The Balaban J connectivity index is 2.69. The largest absolute Gasteiger partial charge is 0.490 e. The summed E-state index contributed by atoms with van der Waals surface area (Å²) in [6.07, 6.45) is 3.47. The Labute approximate surface area is 90.3 Å². The summed E-state index contributed by atoms with van der Waals surface area (Å²) in [5.41, 5.74) is 1.64. The number of hydrogen-bond donors (Lipinski definition) is 0. The predicted octanol–water partition coefficient (Wildman–Crippen LogP) is 2.79. The van der Waals surface area contributed by atoms with Crippen LogP contribution in [0, 0.1) is 0 Å². The molecule has 0 fully saturated rings. The van der Waals surface area contributed by atoms with E-state index in [1.54, 1.807) is 12.4 Å². The van der Waals surface area contributed by atoms with Gasteiger partial charge in [-0.15, -0.1) is 0 Å². The first kappa shape index (κ1) is 9.40. The summed E-state index contributed by atoms with van der Waals surface area (Å²) in [5.74, 6) is 0.762. The molecule has 0 saturated heterocycles. The first-order valence-electron chi connectivity index (χ1n) is 4.35. The minimum Gasteiger partial charge on any atom is -0.490 e. The second kappa shape index (κ2) is 3.92. The Kier molecular flexibility index (Phi) is 2.63. The van der Waals surface area contributed by atoms with Gasteiger partial charge in [-0.05, 0) is 35.0 Å². The van der Waals surface area contributed by atoms with Crippen molar-refractivity contribution in [3.05, 3.63) is 29.0 Å². The van der Waals surface area contributed by atoms with Gasteiger partial charge in [-0.1, -0.05) is 0 Å². The molecule has 0 aromatic carbocycles. The summed E-state index contributed by atoms with van der Waals surface area (Å²) >= 11 is 3.39. The average Bonchev–Trinajstić information content (AvgIpc) is 2.23. The van der Waals surface area contributed by atoms with Gasteiger partial charge in [0.2, 0.25) is 0 Å². The predicted molar refractivity (Wildman–Crippen MR) is 58.4 cm³/mol. The topological polar surface area (TPSA) is 35.0 Å². The van der Waals surface area contributed by atoms with Gasteiger partial charge in [0, 0.05) is 12.4 Å². The lowest BCUT2D eigenvalue weighted by molar-refractivity contribution is 0.341. The van der Waals surface area contributed by atoms with Gasteiger partial charge in [0.15, 0.2) is 5.75 Å². The fraction of sp³-hybridized carbons (Fsp3) is 0.200. The van der Waals surface area contributed by atoms with Crippen molar-refractivity contribution in [3.8, 4) is 5.75 Å². The standard InChI is InChI=1S/C10H9BrN2O/c1-2-14-10-7(11)6-13-8-4-3-5-12-9(8)10/h3-6H,2H2,1H3. The number of pyridine rings is 2. The molecule has 3 nitrogen and oxygen atoms in total. The van der Waals surface area contributed by atoms with Crippen LogP contribution < -0.4 is 4.74 Å². The van der Waals surface area contributed by atoms with Crippen molar-refractivity contribution in [2.75, 3.05) is 6.61 Å². The van der Waals surface area contributed by atoms with Crippen LogP contribution in [-0.2, 0) is 0 Å². The number of rotatable bonds is 2. The molecule has 0 aliphatic rings. The summed E-state index contributed by atoms with van der Waals surface area (Å²) in [6, 6.07) is 3.77. The van der Waals surface area contributed by atoms with Crippen molar-refractivity contribution in [1.29, 1.82) is 0 Å². The molecule has 0 N–H and O–H groups in total. The van der Waals surface area contributed by atoms with E-state index in [0.29, 0.717) is 6.61 Å². The minimum atomic E-state index is 0.619. The van der Waals surface area contributed by atoms with Crippen LogP contribution in [0.3, 0.4) is 0 Å². The number of nitrogens with zero attached hydrogens (tertiary/aromatic N) is 2. The molecule has 14 heavy (non-hydrogen) atoms. The van der Waals surface area contributed by atoms with E-state index in [-0.39, 0.29) is 0 Å². The van der Waals surface area contributed by atoms with E-state index in [0.717, 1.165) is 21.3 Å². The molecule has 0 saturated carbocycles. The lowest BCUT2D eigenvalue weighted by atomic mass is 10.3. The van der Waals surface area contributed by atoms with Gasteiger partial charge in [0.1, 0.15) is 5.52 Å². The Morgan fingerprint density at radius 3 is 3.07 bits per heavy atom. The molecular weight excluding hydrogens is 244 g/mol. The zero-order valence-electron chi connectivity index (χ0n) is 7.70. The smallest absolute Gasteiger partial charge is 0.162 e. The first-order valence-corrected chi connectivity index (χ1v) is 5.14. The molecule has 2 rings (SSSR count). The van der Waals surface area contributed by atoms with Crippen molar-refractivity contribution >= 4 is 27.0 Å². The maximum Gasteiger partial charge on any atom is 0.162 e. The SMILES string of the molecule is CCOc1c(Br)cnc2cccnc12. The molecule has 0 unspecified atom stereocenters. The quantitative estimate of drug-likeness (QED) is 0.825. The van der Waals surface area contributed by atoms with Crippen molar-refractivity contribution in [1.82, 2.24) is 9.97 Å². The zero-order chi connectivity index (χ0) is 9.97. The summed E-state index contributed by atoms with van der Waals surface area (Å²) in [6.45, 7) is 2.57. The Hall–Kier alpha value is -1.16. The molecule has 0 atom stereocenters. The molecule has 0 aliphatic heterocycles. The van der Waals surface area contributed by atoms with Gasteiger partial charge in [-0.2, -0.15) is 0 Å². The third-order valence-corrected chi connectivity index (χ3v) is 2.39. The molecule has 4 heteroatoms. The molecule has 0 spiro atoms. The number of fused-ring (bicyclic) bond motifs is 1. The molecule has 0 radical (unpaired) electrons. The van der Waals surface area contributed by atoms with Crippen LogP contribution in [0.5, 0.6) is 5.75 Å². The minimum absolute atomic E-state index is 0.619. The Morgan fingerprint density at radius 1 is 1.43 bits per heavy atom. The van der Waals surface area contributed by atoms with Gasteiger partial charge in [-0.25, -0.2) is 0 Å². The Morgan fingerprint density at radius 2 is 2.29 bits per heavy atom. The van der Waals surface area contributed by atoms with Gasteiger partial charge >= 0.3 is 0 Å². The molecule has 0 bridgehead atoms. The number of hydrogen-bond acceptors (Lipinski definition) is 3. The highest BCUT2D eigenvalue weighted by molar-refractivity contribution is 9.10. The maximum atomic E-state index is 5.50. The number of halogens is 1. The van der Waals surface area contributed by atoms with Crippen LogP contribution in [0.2, 0.25) is 0 Å². The molecule has 72 valence electrons. The summed E-state index contributed by atoms with van der Waals surface area (Å²) in [4.78, 5) is 8.48. The van der Waals surface area contributed by atoms with Gasteiger partial charge < -0.3 is 4.74 Å². The van der Waals surface area contributed by atoms with E-state index in [9.17, 15) is 0 Å². The fourth-order valence-corrected chi connectivity index (χ4v) is 1.66. The van der Waals surface area contributed by atoms with Gasteiger partial charge in [-0.3, -0.25) is 9.97 Å². The van der Waals surface area contributed by atoms with E-state index >= 15 is 0 Å². The molecular formula is C10H9BrN2O. The fourth-order valence-electron chi connectivity index (χ4n) is 1.26. The highest BCUT2D eigenvalue weighted by atomic mass is 79.9. The normalized spacial score (nSPS) is 10.4. The number of aromatic nitrogens is 2. The Bertz CT molecular complexity index is 459. The van der Waals surface area contributed by atoms with E-state index in [2.05, 4.69) is 25.9 Å². The van der Waals surface area contributed by atoms with Crippen molar-refractivity contribution in [2.45, 2.75) is 6.92 Å². The maximum absolute atomic E-state index is 5.50. The van der Waals surface area contributed by atoms with Crippen molar-refractivity contribution in [3.63, 3.8) is 0 Å². The average molecular weight is 253 g/mol. The third kappa shape index (κ3) is 1.57. The molecule has 0 aliphatic carbocycles. The summed E-state index contributed by atoms with van der Waals surface area (Å²) in [7, 11) is 0. The van der Waals surface area contributed by atoms with Crippen LogP contribution >= 0.6 is 15.9 Å². The van der Waals surface area contributed by atoms with E-state index in [1.807, 2.05) is 19.1 Å². The lowest BCUT2D eigenvalue weighted by Crippen LogP contribution is -1.95. The van der Waals surface area contributed by atoms with Crippen LogP contribution in [-0.4, -0.2) is 16.6 Å². The second-order valence-corrected chi connectivity index (χ2v) is 3.59. The molecule has 2 heterocycles. The van der Waals surface area contributed by atoms with E-state index in [4.69, 9.17) is 4.74 Å². The van der Waals surface area contributed by atoms with E-state index in [1.165, 1.54) is 0 Å². The zero-order valence-corrected chi connectivity index (χ0v) is 9.28.